The van der Waals surface area contributed by atoms with Gasteiger partial charge in [-0.1, -0.05) is 0 Å². The topological polar surface area (TPSA) is 62.3 Å². The van der Waals surface area contributed by atoms with Crippen LogP contribution in [0.1, 0.15) is 20.8 Å². The molecule has 0 aromatic heterocycles. The summed E-state index contributed by atoms with van der Waals surface area (Å²) in [5.74, 6) is 0.763. The molecule has 142 valence electrons. The van der Waals surface area contributed by atoms with Crippen LogP contribution in [0.25, 0.3) is 0 Å². The summed E-state index contributed by atoms with van der Waals surface area (Å²) in [6.07, 6.45) is 0.0506. The highest BCUT2D eigenvalue weighted by molar-refractivity contribution is 5.96. The van der Waals surface area contributed by atoms with Gasteiger partial charge in [0, 0.05) is 31.9 Å². The van der Waals surface area contributed by atoms with E-state index >= 15 is 0 Å². The minimum absolute atomic E-state index is 0.0195. The summed E-state index contributed by atoms with van der Waals surface area (Å²) in [6.45, 7) is 8.87. The summed E-state index contributed by atoms with van der Waals surface area (Å²) in [5.41, 5.74) is 0.821. The standard InChI is InChI=1S/C19H27N3O4/c1-4-25-17-7-5-16(6-8-17)22-10-9-20(19(22)24)13-18(23)21-11-14(2)26-15(3)12-21/h5-8,14-15H,4,9-13H2,1-3H3. The van der Waals surface area contributed by atoms with Crippen LogP contribution in [0.15, 0.2) is 24.3 Å². The molecule has 2 saturated heterocycles. The van der Waals surface area contributed by atoms with Crippen molar-refractivity contribution in [2.75, 3.05) is 44.2 Å². The number of urea groups is 1. The fourth-order valence-corrected chi connectivity index (χ4v) is 3.50. The summed E-state index contributed by atoms with van der Waals surface area (Å²) >= 11 is 0. The second-order valence-electron chi connectivity index (χ2n) is 6.84. The van der Waals surface area contributed by atoms with Crippen LogP contribution in [-0.2, 0) is 9.53 Å². The van der Waals surface area contributed by atoms with Crippen molar-refractivity contribution in [3.8, 4) is 5.75 Å². The maximum Gasteiger partial charge on any atom is 0.325 e. The third-order valence-electron chi connectivity index (χ3n) is 4.65. The van der Waals surface area contributed by atoms with Gasteiger partial charge in [-0.15, -0.1) is 0 Å². The number of carbonyl (C=O) groups is 2. The number of morpholine rings is 1. The number of rotatable bonds is 5. The summed E-state index contributed by atoms with van der Waals surface area (Å²) in [6, 6.07) is 7.34. The lowest BCUT2D eigenvalue weighted by Crippen LogP contribution is -2.51. The Hall–Kier alpha value is -2.28. The molecule has 0 radical (unpaired) electrons. The van der Waals surface area contributed by atoms with Gasteiger partial charge in [0.15, 0.2) is 0 Å². The Morgan fingerprint density at radius 1 is 1.15 bits per heavy atom. The zero-order chi connectivity index (χ0) is 18.7. The number of benzene rings is 1. The predicted octanol–water partition coefficient (Wildman–Crippen LogP) is 1.96. The summed E-state index contributed by atoms with van der Waals surface area (Å²) in [5, 5.41) is 0. The molecule has 7 nitrogen and oxygen atoms in total. The molecule has 0 bridgehead atoms. The number of nitrogens with zero attached hydrogens (tertiary/aromatic N) is 3. The van der Waals surface area contributed by atoms with E-state index in [9.17, 15) is 9.59 Å². The molecule has 7 heteroatoms. The Kier molecular flexibility index (Phi) is 5.66. The predicted molar refractivity (Wildman–Crippen MR) is 98.5 cm³/mol. The van der Waals surface area contributed by atoms with E-state index in [0.717, 1.165) is 11.4 Å². The van der Waals surface area contributed by atoms with Crippen LogP contribution in [0.5, 0.6) is 5.75 Å². The second kappa shape index (κ2) is 7.95. The first kappa shape index (κ1) is 18.5. The average Bonchev–Trinajstić information content (AvgIpc) is 2.96. The Balaban J connectivity index is 1.59. The van der Waals surface area contributed by atoms with Gasteiger partial charge in [-0.3, -0.25) is 9.69 Å². The highest BCUT2D eigenvalue weighted by atomic mass is 16.5. The zero-order valence-electron chi connectivity index (χ0n) is 15.7. The second-order valence-corrected chi connectivity index (χ2v) is 6.84. The largest absolute Gasteiger partial charge is 0.494 e. The maximum absolute atomic E-state index is 12.7. The van der Waals surface area contributed by atoms with Crippen LogP contribution in [0.4, 0.5) is 10.5 Å². The third-order valence-corrected chi connectivity index (χ3v) is 4.65. The van der Waals surface area contributed by atoms with E-state index in [0.29, 0.717) is 32.8 Å². The third kappa shape index (κ3) is 4.09. The van der Waals surface area contributed by atoms with Crippen molar-refractivity contribution in [2.24, 2.45) is 0 Å². The van der Waals surface area contributed by atoms with Crippen molar-refractivity contribution in [3.63, 3.8) is 0 Å². The van der Waals surface area contributed by atoms with E-state index in [1.807, 2.05) is 45.0 Å². The molecule has 2 aliphatic heterocycles. The van der Waals surface area contributed by atoms with Crippen molar-refractivity contribution in [3.05, 3.63) is 24.3 Å². The van der Waals surface area contributed by atoms with Gasteiger partial charge < -0.3 is 19.3 Å². The number of hydrogen-bond donors (Lipinski definition) is 0. The molecule has 3 amide bonds. The number of amides is 3. The normalized spacial score (nSPS) is 23.5. The molecule has 2 fully saturated rings. The fraction of sp³-hybridized carbons (Fsp3) is 0.579. The molecule has 2 aliphatic rings. The number of hydrogen-bond acceptors (Lipinski definition) is 4. The van der Waals surface area contributed by atoms with Crippen LogP contribution in [0.2, 0.25) is 0 Å². The van der Waals surface area contributed by atoms with Crippen molar-refractivity contribution in [2.45, 2.75) is 33.0 Å². The van der Waals surface area contributed by atoms with Gasteiger partial charge in [0.1, 0.15) is 12.3 Å². The van der Waals surface area contributed by atoms with Crippen molar-refractivity contribution < 1.29 is 19.1 Å². The van der Waals surface area contributed by atoms with Crippen LogP contribution < -0.4 is 9.64 Å². The Morgan fingerprint density at radius 3 is 2.42 bits per heavy atom. The zero-order valence-corrected chi connectivity index (χ0v) is 15.7. The molecule has 2 atom stereocenters. The van der Waals surface area contributed by atoms with Crippen molar-refractivity contribution in [1.82, 2.24) is 9.80 Å². The minimum Gasteiger partial charge on any atom is -0.494 e. The first-order chi connectivity index (χ1) is 12.5. The first-order valence-electron chi connectivity index (χ1n) is 9.20. The average molecular weight is 361 g/mol. The molecular weight excluding hydrogens is 334 g/mol. The number of anilines is 1. The highest BCUT2D eigenvalue weighted by Gasteiger charge is 2.33. The van der Waals surface area contributed by atoms with Gasteiger partial charge in [-0.2, -0.15) is 0 Å². The fourth-order valence-electron chi connectivity index (χ4n) is 3.50. The van der Waals surface area contributed by atoms with E-state index in [-0.39, 0.29) is 30.7 Å². The molecule has 0 aliphatic carbocycles. The van der Waals surface area contributed by atoms with Gasteiger partial charge in [0.25, 0.3) is 0 Å². The molecule has 1 aromatic rings. The van der Waals surface area contributed by atoms with Gasteiger partial charge in [-0.05, 0) is 45.0 Å². The lowest BCUT2D eigenvalue weighted by atomic mass is 10.2. The molecule has 26 heavy (non-hydrogen) atoms. The molecule has 0 spiro atoms. The Labute approximate surface area is 154 Å². The van der Waals surface area contributed by atoms with Gasteiger partial charge in [0.05, 0.1) is 18.8 Å². The molecule has 3 rings (SSSR count). The number of ether oxygens (including phenoxy) is 2. The molecule has 0 saturated carbocycles. The van der Waals surface area contributed by atoms with E-state index < -0.39 is 0 Å². The van der Waals surface area contributed by atoms with Crippen molar-refractivity contribution in [1.29, 1.82) is 0 Å². The first-order valence-corrected chi connectivity index (χ1v) is 9.20. The number of carbonyl (C=O) groups excluding carboxylic acids is 2. The highest BCUT2D eigenvalue weighted by Crippen LogP contribution is 2.23. The lowest BCUT2D eigenvalue weighted by Gasteiger charge is -2.36. The van der Waals surface area contributed by atoms with E-state index in [1.54, 1.807) is 14.7 Å². The Morgan fingerprint density at radius 2 is 1.81 bits per heavy atom. The SMILES string of the molecule is CCOc1ccc(N2CCN(CC(=O)N3CC(C)OC(C)C3)C2=O)cc1. The summed E-state index contributed by atoms with van der Waals surface area (Å²) in [7, 11) is 0. The van der Waals surface area contributed by atoms with E-state index in [1.165, 1.54) is 0 Å². The summed E-state index contributed by atoms with van der Waals surface area (Å²) < 4.78 is 11.1. The monoisotopic (exact) mass is 361 g/mol. The quantitative estimate of drug-likeness (QED) is 0.804. The van der Waals surface area contributed by atoms with Gasteiger partial charge in [-0.25, -0.2) is 4.79 Å². The minimum atomic E-state index is -0.128. The van der Waals surface area contributed by atoms with Gasteiger partial charge >= 0.3 is 6.03 Å². The van der Waals surface area contributed by atoms with Gasteiger partial charge in [0.2, 0.25) is 5.91 Å². The molecule has 1 aromatic carbocycles. The maximum atomic E-state index is 12.7. The summed E-state index contributed by atoms with van der Waals surface area (Å²) in [4.78, 5) is 30.4. The van der Waals surface area contributed by atoms with Crippen LogP contribution >= 0.6 is 0 Å². The van der Waals surface area contributed by atoms with E-state index in [2.05, 4.69) is 0 Å². The van der Waals surface area contributed by atoms with Crippen LogP contribution in [0.3, 0.4) is 0 Å². The molecule has 2 heterocycles. The van der Waals surface area contributed by atoms with Crippen LogP contribution in [-0.4, -0.2) is 73.3 Å². The lowest BCUT2D eigenvalue weighted by molar-refractivity contribution is -0.143. The smallest absolute Gasteiger partial charge is 0.325 e. The molecule has 2 unspecified atom stereocenters. The molecule has 0 N–H and O–H groups in total. The van der Waals surface area contributed by atoms with Crippen molar-refractivity contribution >= 4 is 17.6 Å². The van der Waals surface area contributed by atoms with Crippen LogP contribution in [0, 0.1) is 0 Å². The Bertz CT molecular complexity index is 639. The molecular formula is C19H27N3O4. The van der Waals surface area contributed by atoms with E-state index in [4.69, 9.17) is 9.47 Å².